The maximum absolute atomic E-state index is 13.4. The van der Waals surface area contributed by atoms with Crippen molar-refractivity contribution in [3.05, 3.63) is 36.0 Å². The number of H-pyrrole nitrogens is 1. The van der Waals surface area contributed by atoms with Crippen LogP contribution < -0.4 is 10.7 Å². The molecule has 2 unspecified atom stereocenters. The number of rotatable bonds is 7. The zero-order valence-electron chi connectivity index (χ0n) is 18.6. The number of hydrogen-bond acceptors (Lipinski definition) is 6. The second-order valence-corrected chi connectivity index (χ2v) is 8.26. The molecule has 13 heteroatoms. The van der Waals surface area contributed by atoms with Crippen molar-refractivity contribution < 1.29 is 33.9 Å². The smallest absolute Gasteiger partial charge is 0.358 e. The van der Waals surface area contributed by atoms with E-state index in [-0.39, 0.29) is 31.6 Å². The summed E-state index contributed by atoms with van der Waals surface area (Å²) in [6.07, 6.45) is 0.198. The van der Waals surface area contributed by atoms with Gasteiger partial charge in [-0.2, -0.15) is 0 Å². The Hall–Kier alpha value is -4.42. The minimum Gasteiger partial charge on any atom is -0.481 e. The Labute approximate surface area is 199 Å². The summed E-state index contributed by atoms with van der Waals surface area (Å²) in [6, 6.07) is 5.64. The SMILES string of the molecule is O=CC(CC(=O)O)NC(=O)C1CCCN2C(=O)CCN(NC(=O)c3cc4ccccc4[nH]3)C(=O)N12. The van der Waals surface area contributed by atoms with Crippen molar-refractivity contribution in [2.24, 2.45) is 0 Å². The first-order chi connectivity index (χ1) is 16.8. The van der Waals surface area contributed by atoms with E-state index in [1.165, 1.54) is 0 Å². The van der Waals surface area contributed by atoms with Gasteiger partial charge in [-0.25, -0.2) is 19.8 Å². The van der Waals surface area contributed by atoms with E-state index in [0.29, 0.717) is 12.7 Å². The molecule has 0 aliphatic carbocycles. The molecule has 5 amide bonds. The molecule has 4 N–H and O–H groups in total. The van der Waals surface area contributed by atoms with Gasteiger partial charge >= 0.3 is 12.0 Å². The van der Waals surface area contributed by atoms with E-state index in [0.717, 1.165) is 25.9 Å². The summed E-state index contributed by atoms with van der Waals surface area (Å²) in [4.78, 5) is 77.0. The lowest BCUT2D eigenvalue weighted by atomic mass is 10.1. The van der Waals surface area contributed by atoms with Crippen LogP contribution in [0, 0.1) is 0 Å². The van der Waals surface area contributed by atoms with Crippen LogP contribution in [0.2, 0.25) is 0 Å². The first-order valence-electron chi connectivity index (χ1n) is 11.1. The van der Waals surface area contributed by atoms with E-state index in [1.807, 2.05) is 18.2 Å². The third kappa shape index (κ3) is 4.93. The summed E-state index contributed by atoms with van der Waals surface area (Å²) in [5, 5.41) is 15.2. The predicted molar refractivity (Wildman–Crippen MR) is 119 cm³/mol. The topological polar surface area (TPSA) is 172 Å². The fraction of sp³-hybridized carbons (Fsp3) is 0.364. The molecule has 1 aromatic carbocycles. The van der Waals surface area contributed by atoms with Crippen LogP contribution in [0.25, 0.3) is 10.9 Å². The Morgan fingerprint density at radius 1 is 1.20 bits per heavy atom. The minimum atomic E-state index is -1.29. The number of amides is 5. The number of carboxylic acids is 1. The minimum absolute atomic E-state index is 0.0838. The number of hydrazine groups is 2. The Morgan fingerprint density at radius 2 is 1.97 bits per heavy atom. The molecule has 2 aliphatic heterocycles. The van der Waals surface area contributed by atoms with Crippen molar-refractivity contribution in [2.45, 2.75) is 37.8 Å². The van der Waals surface area contributed by atoms with E-state index in [2.05, 4.69) is 15.7 Å². The number of fused-ring (bicyclic) bond motifs is 2. The number of hydrogen-bond donors (Lipinski definition) is 4. The van der Waals surface area contributed by atoms with E-state index >= 15 is 0 Å². The van der Waals surface area contributed by atoms with Gasteiger partial charge < -0.3 is 20.2 Å². The van der Waals surface area contributed by atoms with Gasteiger partial charge in [-0.1, -0.05) is 18.2 Å². The molecule has 2 saturated heterocycles. The highest BCUT2D eigenvalue weighted by Gasteiger charge is 2.44. The molecule has 1 aromatic heterocycles. The molecule has 2 fully saturated rings. The fourth-order valence-electron chi connectivity index (χ4n) is 4.19. The summed E-state index contributed by atoms with van der Waals surface area (Å²) < 4.78 is 0. The van der Waals surface area contributed by atoms with E-state index in [4.69, 9.17) is 5.11 Å². The van der Waals surface area contributed by atoms with Gasteiger partial charge in [0, 0.05) is 23.9 Å². The van der Waals surface area contributed by atoms with E-state index < -0.39 is 48.2 Å². The van der Waals surface area contributed by atoms with Gasteiger partial charge in [0.15, 0.2) is 0 Å². The summed E-state index contributed by atoms with van der Waals surface area (Å²) in [5.41, 5.74) is 3.45. The quantitative estimate of drug-likeness (QED) is 0.401. The van der Waals surface area contributed by atoms with Gasteiger partial charge in [-0.15, -0.1) is 0 Å². The van der Waals surface area contributed by atoms with Crippen LogP contribution in [0.1, 0.15) is 36.2 Å². The summed E-state index contributed by atoms with van der Waals surface area (Å²) >= 11 is 0. The number of para-hydroxylation sites is 1. The van der Waals surface area contributed by atoms with Crippen LogP contribution in [0.15, 0.2) is 30.3 Å². The number of nitrogens with zero attached hydrogens (tertiary/aromatic N) is 3. The average molecular weight is 484 g/mol. The number of aldehydes is 1. The Bertz CT molecular complexity index is 1160. The lowest BCUT2D eigenvalue weighted by molar-refractivity contribution is -0.155. The van der Waals surface area contributed by atoms with Crippen molar-refractivity contribution in [1.29, 1.82) is 0 Å². The normalized spacial score (nSPS) is 19.1. The van der Waals surface area contributed by atoms with Crippen LogP contribution in [-0.4, -0.2) is 86.3 Å². The average Bonchev–Trinajstić information content (AvgIpc) is 3.24. The van der Waals surface area contributed by atoms with Crippen molar-refractivity contribution >= 4 is 46.9 Å². The Kier molecular flexibility index (Phi) is 6.66. The number of urea groups is 1. The maximum Gasteiger partial charge on any atom is 0.358 e. The molecule has 2 aliphatic rings. The predicted octanol–water partition coefficient (Wildman–Crippen LogP) is 0.00480. The molecule has 0 bridgehead atoms. The highest BCUT2D eigenvalue weighted by atomic mass is 16.4. The van der Waals surface area contributed by atoms with Gasteiger partial charge in [0.2, 0.25) is 11.8 Å². The second-order valence-electron chi connectivity index (χ2n) is 8.26. The van der Waals surface area contributed by atoms with Crippen molar-refractivity contribution in [3.63, 3.8) is 0 Å². The van der Waals surface area contributed by atoms with Crippen molar-refractivity contribution in [2.75, 3.05) is 13.1 Å². The van der Waals surface area contributed by atoms with Crippen LogP contribution >= 0.6 is 0 Å². The molecule has 4 rings (SSSR count). The summed E-state index contributed by atoms with van der Waals surface area (Å²) in [6.45, 7) is 0.0886. The van der Waals surface area contributed by atoms with Gasteiger partial charge in [-0.3, -0.25) is 24.6 Å². The molecule has 0 saturated carbocycles. The number of aromatic nitrogens is 1. The summed E-state index contributed by atoms with van der Waals surface area (Å²) in [5.74, 6) is -3.05. The van der Waals surface area contributed by atoms with Crippen LogP contribution in [0.3, 0.4) is 0 Å². The largest absolute Gasteiger partial charge is 0.481 e. The zero-order chi connectivity index (χ0) is 25.1. The number of carbonyl (C=O) groups excluding carboxylic acids is 5. The summed E-state index contributed by atoms with van der Waals surface area (Å²) in [7, 11) is 0. The molecule has 35 heavy (non-hydrogen) atoms. The van der Waals surface area contributed by atoms with Crippen molar-refractivity contribution in [1.82, 2.24) is 30.8 Å². The van der Waals surface area contributed by atoms with Crippen LogP contribution in [0.5, 0.6) is 0 Å². The van der Waals surface area contributed by atoms with Crippen molar-refractivity contribution in [3.8, 4) is 0 Å². The highest BCUT2D eigenvalue weighted by Crippen LogP contribution is 2.24. The molecule has 0 spiro atoms. The molecule has 13 nitrogen and oxygen atoms in total. The highest BCUT2D eigenvalue weighted by molar-refractivity contribution is 5.99. The van der Waals surface area contributed by atoms with Crippen LogP contribution in [0.4, 0.5) is 4.79 Å². The maximum atomic E-state index is 13.4. The number of carbonyl (C=O) groups is 6. The number of carboxylic acid groups (broad SMARTS) is 1. The first kappa shape index (κ1) is 23.7. The Morgan fingerprint density at radius 3 is 2.69 bits per heavy atom. The zero-order valence-corrected chi connectivity index (χ0v) is 18.6. The number of nitrogens with one attached hydrogen (secondary N) is 3. The number of aromatic amines is 1. The molecule has 0 radical (unpaired) electrons. The second kappa shape index (κ2) is 9.83. The molecule has 3 heterocycles. The third-order valence-electron chi connectivity index (χ3n) is 5.87. The first-order valence-corrected chi connectivity index (χ1v) is 11.1. The fourth-order valence-corrected chi connectivity index (χ4v) is 4.19. The van der Waals surface area contributed by atoms with E-state index in [1.54, 1.807) is 12.1 Å². The van der Waals surface area contributed by atoms with Gasteiger partial charge in [-0.05, 0) is 25.0 Å². The van der Waals surface area contributed by atoms with Crippen LogP contribution in [-0.2, 0) is 19.2 Å². The molecule has 2 atom stereocenters. The molecule has 184 valence electrons. The van der Waals surface area contributed by atoms with Gasteiger partial charge in [0.05, 0.1) is 19.0 Å². The van der Waals surface area contributed by atoms with E-state index in [9.17, 15) is 28.8 Å². The third-order valence-corrected chi connectivity index (χ3v) is 5.87. The Balaban J connectivity index is 1.54. The number of benzene rings is 1. The monoisotopic (exact) mass is 484 g/mol. The number of aliphatic carboxylic acids is 1. The molecular weight excluding hydrogens is 460 g/mol. The van der Waals surface area contributed by atoms with Gasteiger partial charge in [0.1, 0.15) is 18.0 Å². The molecular formula is C22H24N6O7. The molecule has 2 aromatic rings. The lowest BCUT2D eigenvalue weighted by Gasteiger charge is -2.42. The van der Waals surface area contributed by atoms with Gasteiger partial charge in [0.25, 0.3) is 5.91 Å². The standard InChI is InChI=1S/C22H24N6O7/c29-12-14(11-19(31)32)23-21(34)17-6-3-8-27-18(30)7-9-26(22(35)28(17)27)25-20(33)16-10-13-4-1-2-5-15(13)24-16/h1-2,4-5,10,12,14,17,24H,3,6-9,11H2,(H,23,34)(H,25,33)(H,31,32). The lowest BCUT2D eigenvalue weighted by Crippen LogP contribution is -2.64.